The largest absolute Gasteiger partial charge is 0.507 e. The summed E-state index contributed by atoms with van der Waals surface area (Å²) < 4.78 is 14.8. The Labute approximate surface area is 222 Å². The molecule has 10 heteroatoms. The van der Waals surface area contributed by atoms with Gasteiger partial charge >= 0.3 is 5.91 Å². The number of aromatic nitrogens is 2. The monoisotopic (exact) mass is 581 g/mol. The minimum absolute atomic E-state index is 0.0987. The summed E-state index contributed by atoms with van der Waals surface area (Å²) in [4.78, 5) is 27.7. The smallest absolute Gasteiger partial charge is 0.301 e. The second kappa shape index (κ2) is 10.3. The Hall–Kier alpha value is -3.34. The first kappa shape index (κ1) is 24.4. The number of nitrogens with zero attached hydrogens (tertiary/aromatic N) is 3. The number of hydrogen-bond donors (Lipinski definition) is 1. The van der Waals surface area contributed by atoms with Crippen LogP contribution in [0.1, 0.15) is 22.7 Å². The molecule has 1 unspecified atom stereocenters. The summed E-state index contributed by atoms with van der Waals surface area (Å²) in [6.07, 6.45) is 0. The third kappa shape index (κ3) is 4.84. The van der Waals surface area contributed by atoms with E-state index in [1.807, 2.05) is 36.4 Å². The molecule has 180 valence electrons. The van der Waals surface area contributed by atoms with Gasteiger partial charge in [0.2, 0.25) is 5.13 Å². The van der Waals surface area contributed by atoms with Gasteiger partial charge in [-0.1, -0.05) is 81.5 Å². The van der Waals surface area contributed by atoms with E-state index < -0.39 is 23.5 Å². The zero-order valence-electron chi connectivity index (χ0n) is 18.5. The summed E-state index contributed by atoms with van der Waals surface area (Å²) in [7, 11) is 0. The van der Waals surface area contributed by atoms with Crippen molar-refractivity contribution >= 4 is 61.6 Å². The minimum Gasteiger partial charge on any atom is -0.507 e. The molecule has 1 saturated heterocycles. The van der Waals surface area contributed by atoms with Crippen LogP contribution in [-0.4, -0.2) is 27.0 Å². The Bertz CT molecular complexity index is 1480. The fourth-order valence-electron chi connectivity index (χ4n) is 3.86. The zero-order valence-corrected chi connectivity index (χ0v) is 21.7. The van der Waals surface area contributed by atoms with Crippen LogP contribution in [0.15, 0.2) is 93.2 Å². The number of halogens is 2. The molecule has 1 atom stereocenters. The predicted octanol–water partition coefficient (Wildman–Crippen LogP) is 6.36. The highest BCUT2D eigenvalue weighted by Gasteiger charge is 2.48. The molecular formula is C26H17BrFN3O3S2. The Kier molecular flexibility index (Phi) is 6.99. The summed E-state index contributed by atoms with van der Waals surface area (Å²) in [5.41, 5.74) is 1.85. The number of amides is 1. The minimum atomic E-state index is -0.938. The normalized spacial score (nSPS) is 17.1. The molecule has 1 amide bonds. The van der Waals surface area contributed by atoms with E-state index in [1.165, 1.54) is 52.3 Å². The van der Waals surface area contributed by atoms with Gasteiger partial charge in [-0.05, 0) is 47.5 Å². The number of ketones is 1. The summed E-state index contributed by atoms with van der Waals surface area (Å²) >= 11 is 6.11. The maximum atomic E-state index is 13.5. The average Bonchev–Trinajstić information content (AvgIpc) is 3.45. The van der Waals surface area contributed by atoms with Gasteiger partial charge in [0.25, 0.3) is 5.78 Å². The van der Waals surface area contributed by atoms with Gasteiger partial charge in [0.05, 0.1) is 11.6 Å². The molecule has 0 saturated carbocycles. The fraction of sp³-hybridized carbons (Fsp3) is 0.0769. The van der Waals surface area contributed by atoms with Gasteiger partial charge in [-0.15, -0.1) is 10.2 Å². The van der Waals surface area contributed by atoms with Gasteiger partial charge in [-0.2, -0.15) is 0 Å². The predicted molar refractivity (Wildman–Crippen MR) is 141 cm³/mol. The number of aliphatic hydroxyl groups excluding tert-OH is 1. The van der Waals surface area contributed by atoms with Crippen LogP contribution in [0.5, 0.6) is 0 Å². The number of aliphatic hydroxyl groups is 1. The zero-order chi connectivity index (χ0) is 25.2. The van der Waals surface area contributed by atoms with Gasteiger partial charge in [0.15, 0.2) is 4.34 Å². The second-order valence-electron chi connectivity index (χ2n) is 7.86. The number of carbonyl (C=O) groups is 2. The van der Waals surface area contributed by atoms with Gasteiger partial charge < -0.3 is 5.11 Å². The van der Waals surface area contributed by atoms with E-state index in [2.05, 4.69) is 26.1 Å². The van der Waals surface area contributed by atoms with Crippen LogP contribution in [0.4, 0.5) is 9.52 Å². The molecule has 1 aliphatic heterocycles. The molecule has 5 rings (SSSR count). The molecule has 2 heterocycles. The first-order chi connectivity index (χ1) is 17.4. The summed E-state index contributed by atoms with van der Waals surface area (Å²) in [5, 5.41) is 19.8. The highest BCUT2D eigenvalue weighted by molar-refractivity contribution is 9.10. The number of benzene rings is 3. The molecule has 1 aliphatic rings. The summed E-state index contributed by atoms with van der Waals surface area (Å²) in [5.74, 6) is -1.86. The van der Waals surface area contributed by atoms with Crippen LogP contribution in [0.25, 0.3) is 5.76 Å². The topological polar surface area (TPSA) is 83.4 Å². The first-order valence-electron chi connectivity index (χ1n) is 10.7. The van der Waals surface area contributed by atoms with Crippen LogP contribution in [0, 0.1) is 5.82 Å². The van der Waals surface area contributed by atoms with Crippen LogP contribution >= 0.6 is 39.0 Å². The van der Waals surface area contributed by atoms with Gasteiger partial charge in [-0.3, -0.25) is 14.5 Å². The molecule has 0 radical (unpaired) electrons. The molecule has 36 heavy (non-hydrogen) atoms. The number of carbonyl (C=O) groups excluding carboxylic acids is 2. The maximum absolute atomic E-state index is 13.5. The molecule has 0 spiro atoms. The van der Waals surface area contributed by atoms with Crippen LogP contribution < -0.4 is 4.90 Å². The Morgan fingerprint density at radius 2 is 1.78 bits per heavy atom. The van der Waals surface area contributed by atoms with Crippen LogP contribution in [0.3, 0.4) is 0 Å². The van der Waals surface area contributed by atoms with Crippen LogP contribution in [-0.2, 0) is 15.3 Å². The van der Waals surface area contributed by atoms with E-state index in [0.717, 1.165) is 10.0 Å². The van der Waals surface area contributed by atoms with E-state index in [4.69, 9.17) is 0 Å². The lowest BCUT2D eigenvalue weighted by atomic mass is 9.95. The third-order valence-electron chi connectivity index (χ3n) is 5.53. The lowest BCUT2D eigenvalue weighted by Crippen LogP contribution is -2.29. The number of hydrogen-bond acceptors (Lipinski definition) is 7. The molecule has 1 N–H and O–H groups in total. The molecule has 4 aromatic rings. The van der Waals surface area contributed by atoms with Crippen molar-refractivity contribution < 1.29 is 19.1 Å². The van der Waals surface area contributed by atoms with Crippen molar-refractivity contribution in [3.63, 3.8) is 0 Å². The summed E-state index contributed by atoms with van der Waals surface area (Å²) in [6, 6.07) is 21.2. The SMILES string of the molecule is O=C1C(=O)N(c2nnc(SCc3ccccc3)s2)C(c2cccc(Br)c2)/C1=C(/O)c1ccc(F)cc1. The second-order valence-corrected chi connectivity index (χ2v) is 10.9. The molecule has 1 aromatic heterocycles. The van der Waals surface area contributed by atoms with E-state index in [-0.39, 0.29) is 22.0 Å². The van der Waals surface area contributed by atoms with Crippen molar-refractivity contribution in [3.8, 4) is 0 Å². The molecule has 0 bridgehead atoms. The highest BCUT2D eigenvalue weighted by Crippen LogP contribution is 2.44. The Morgan fingerprint density at radius 1 is 1.03 bits per heavy atom. The molecular weight excluding hydrogens is 565 g/mol. The average molecular weight is 582 g/mol. The lowest BCUT2D eigenvalue weighted by Gasteiger charge is -2.22. The van der Waals surface area contributed by atoms with E-state index >= 15 is 0 Å². The standard InChI is InChI=1S/C26H17BrFN3O3S2/c27-18-8-4-7-17(13-18)21-20(22(32)16-9-11-19(28)12-10-16)23(33)24(34)31(21)25-29-30-26(36-25)35-14-15-5-2-1-3-6-15/h1-13,21,32H,14H2/b22-20-. The van der Waals surface area contributed by atoms with E-state index in [1.54, 1.807) is 18.2 Å². The Balaban J connectivity index is 1.55. The van der Waals surface area contributed by atoms with E-state index in [0.29, 0.717) is 15.7 Å². The van der Waals surface area contributed by atoms with E-state index in [9.17, 15) is 19.1 Å². The first-order valence-corrected chi connectivity index (χ1v) is 13.3. The number of Topliss-reactive ketones (excluding diaryl/α,β-unsaturated/α-hetero) is 1. The summed E-state index contributed by atoms with van der Waals surface area (Å²) in [6.45, 7) is 0. The van der Waals surface area contributed by atoms with Crippen molar-refractivity contribution in [2.45, 2.75) is 16.1 Å². The molecule has 3 aromatic carbocycles. The van der Waals surface area contributed by atoms with Gasteiger partial charge in [0.1, 0.15) is 11.6 Å². The molecule has 1 fully saturated rings. The van der Waals surface area contributed by atoms with Crippen LogP contribution in [0.2, 0.25) is 0 Å². The van der Waals surface area contributed by atoms with Crippen molar-refractivity contribution in [1.82, 2.24) is 10.2 Å². The molecule has 0 aliphatic carbocycles. The lowest BCUT2D eigenvalue weighted by molar-refractivity contribution is -0.132. The third-order valence-corrected chi connectivity index (χ3v) is 8.15. The van der Waals surface area contributed by atoms with Gasteiger partial charge in [-0.25, -0.2) is 4.39 Å². The number of anilines is 1. The van der Waals surface area contributed by atoms with Crippen molar-refractivity contribution in [2.24, 2.45) is 0 Å². The molecule has 6 nitrogen and oxygen atoms in total. The van der Waals surface area contributed by atoms with Crippen molar-refractivity contribution in [2.75, 3.05) is 4.90 Å². The fourth-order valence-corrected chi connectivity index (χ4v) is 6.10. The van der Waals surface area contributed by atoms with Crippen molar-refractivity contribution in [3.05, 3.63) is 111 Å². The quantitative estimate of drug-likeness (QED) is 0.0937. The number of thioether (sulfide) groups is 1. The highest BCUT2D eigenvalue weighted by atomic mass is 79.9. The van der Waals surface area contributed by atoms with Crippen molar-refractivity contribution in [1.29, 1.82) is 0 Å². The maximum Gasteiger partial charge on any atom is 0.301 e. The number of rotatable bonds is 6. The Morgan fingerprint density at radius 3 is 2.50 bits per heavy atom. The van der Waals surface area contributed by atoms with Gasteiger partial charge in [0, 0.05) is 15.8 Å².